The Kier molecular flexibility index (Phi) is 4.40. The molecule has 0 aliphatic carbocycles. The highest BCUT2D eigenvalue weighted by Gasteiger charge is 2.12. The monoisotopic (exact) mass is 274 g/mol. The molecule has 2 aromatic rings. The molecule has 2 rings (SSSR count). The lowest BCUT2D eigenvalue weighted by molar-refractivity contribution is -0.116. The molecular formula is C15H18N2O3. The molecule has 1 aromatic heterocycles. The molecule has 1 amide bonds. The van der Waals surface area contributed by atoms with Gasteiger partial charge < -0.3 is 14.6 Å². The van der Waals surface area contributed by atoms with Crippen LogP contribution in [0.5, 0.6) is 5.75 Å². The van der Waals surface area contributed by atoms with Gasteiger partial charge in [0.1, 0.15) is 11.5 Å². The predicted molar refractivity (Wildman–Crippen MR) is 75.9 cm³/mol. The van der Waals surface area contributed by atoms with Crippen LogP contribution in [0.4, 0.5) is 5.69 Å². The number of hydrogen-bond acceptors (Lipinski definition) is 4. The summed E-state index contributed by atoms with van der Waals surface area (Å²) in [5, 5.41) is 6.73. The molecule has 0 unspecified atom stereocenters. The molecular weight excluding hydrogens is 256 g/mol. The molecule has 0 saturated heterocycles. The predicted octanol–water partition coefficient (Wildman–Crippen LogP) is 2.87. The maximum Gasteiger partial charge on any atom is 0.224 e. The highest BCUT2D eigenvalue weighted by molar-refractivity contribution is 5.92. The van der Waals surface area contributed by atoms with Crippen molar-refractivity contribution in [2.75, 3.05) is 12.4 Å². The van der Waals surface area contributed by atoms with E-state index in [0.29, 0.717) is 24.3 Å². The van der Waals surface area contributed by atoms with Crippen molar-refractivity contribution in [1.82, 2.24) is 5.16 Å². The Morgan fingerprint density at radius 1 is 1.35 bits per heavy atom. The third-order valence-electron chi connectivity index (χ3n) is 3.16. The van der Waals surface area contributed by atoms with E-state index in [2.05, 4.69) is 10.5 Å². The summed E-state index contributed by atoms with van der Waals surface area (Å²) in [4.78, 5) is 12.0. The molecule has 0 aliphatic heterocycles. The van der Waals surface area contributed by atoms with Gasteiger partial charge in [-0.3, -0.25) is 4.79 Å². The Morgan fingerprint density at radius 2 is 2.10 bits per heavy atom. The van der Waals surface area contributed by atoms with E-state index in [4.69, 9.17) is 9.26 Å². The van der Waals surface area contributed by atoms with Gasteiger partial charge in [-0.15, -0.1) is 0 Å². The molecule has 106 valence electrons. The first-order valence-electron chi connectivity index (χ1n) is 6.46. The summed E-state index contributed by atoms with van der Waals surface area (Å²) in [7, 11) is 1.58. The summed E-state index contributed by atoms with van der Waals surface area (Å²) in [6, 6.07) is 7.33. The van der Waals surface area contributed by atoms with Crippen LogP contribution in [0.2, 0.25) is 0 Å². The second-order valence-electron chi connectivity index (χ2n) is 4.55. The summed E-state index contributed by atoms with van der Waals surface area (Å²) in [6.07, 6.45) is 0.989. The fraction of sp³-hybridized carbons (Fsp3) is 0.333. The number of aryl methyl sites for hydroxylation is 2. The van der Waals surface area contributed by atoms with Crippen LogP contribution in [0.1, 0.15) is 23.4 Å². The number of para-hydroxylation sites is 2. The molecule has 20 heavy (non-hydrogen) atoms. The topological polar surface area (TPSA) is 64.4 Å². The second kappa shape index (κ2) is 6.23. The zero-order valence-electron chi connectivity index (χ0n) is 11.9. The normalized spacial score (nSPS) is 10.3. The van der Waals surface area contributed by atoms with E-state index in [1.165, 1.54) is 0 Å². The maximum absolute atomic E-state index is 12.0. The Morgan fingerprint density at radius 3 is 2.75 bits per heavy atom. The van der Waals surface area contributed by atoms with Crippen molar-refractivity contribution in [3.8, 4) is 5.75 Å². The third-order valence-corrected chi connectivity index (χ3v) is 3.16. The van der Waals surface area contributed by atoms with Crippen LogP contribution in [0, 0.1) is 13.8 Å². The third kappa shape index (κ3) is 3.17. The van der Waals surface area contributed by atoms with E-state index in [1.807, 2.05) is 38.1 Å². The van der Waals surface area contributed by atoms with Gasteiger partial charge in [-0.05, 0) is 32.4 Å². The van der Waals surface area contributed by atoms with Gasteiger partial charge in [0.05, 0.1) is 18.5 Å². The minimum Gasteiger partial charge on any atom is -0.495 e. The van der Waals surface area contributed by atoms with E-state index in [1.54, 1.807) is 7.11 Å². The summed E-state index contributed by atoms with van der Waals surface area (Å²) in [6.45, 7) is 3.73. The molecule has 5 heteroatoms. The number of hydrogen-bond donors (Lipinski definition) is 1. The number of amides is 1. The average Bonchev–Trinajstić information content (AvgIpc) is 2.76. The maximum atomic E-state index is 12.0. The van der Waals surface area contributed by atoms with Crippen LogP contribution < -0.4 is 10.1 Å². The smallest absolute Gasteiger partial charge is 0.224 e. The number of methoxy groups -OCH3 is 1. The quantitative estimate of drug-likeness (QED) is 0.910. The average molecular weight is 274 g/mol. The number of benzene rings is 1. The van der Waals surface area contributed by atoms with Crippen molar-refractivity contribution < 1.29 is 14.1 Å². The van der Waals surface area contributed by atoms with E-state index in [9.17, 15) is 4.79 Å². The molecule has 1 N–H and O–H groups in total. The number of ether oxygens (including phenoxy) is 1. The largest absolute Gasteiger partial charge is 0.495 e. The molecule has 0 radical (unpaired) electrons. The fourth-order valence-electron chi connectivity index (χ4n) is 2.06. The van der Waals surface area contributed by atoms with Crippen LogP contribution in [-0.2, 0) is 11.2 Å². The number of nitrogens with zero attached hydrogens (tertiary/aromatic N) is 1. The first-order chi connectivity index (χ1) is 9.61. The second-order valence-corrected chi connectivity index (χ2v) is 4.55. The minimum atomic E-state index is -0.0606. The van der Waals surface area contributed by atoms with Gasteiger partial charge in [0, 0.05) is 12.0 Å². The molecule has 1 heterocycles. The van der Waals surface area contributed by atoms with Crippen LogP contribution in [0.15, 0.2) is 28.8 Å². The van der Waals surface area contributed by atoms with E-state index >= 15 is 0 Å². The minimum absolute atomic E-state index is 0.0606. The molecule has 1 aromatic carbocycles. The van der Waals surface area contributed by atoms with Crippen molar-refractivity contribution in [3.05, 3.63) is 41.3 Å². The molecule has 5 nitrogen and oxygen atoms in total. The van der Waals surface area contributed by atoms with Crippen molar-refractivity contribution in [2.24, 2.45) is 0 Å². The lowest BCUT2D eigenvalue weighted by Crippen LogP contribution is -2.13. The summed E-state index contributed by atoms with van der Waals surface area (Å²) in [5.41, 5.74) is 2.52. The van der Waals surface area contributed by atoms with Gasteiger partial charge in [0.2, 0.25) is 5.91 Å². The standard InChI is InChI=1S/C15H18N2O3/c1-10-12(11(2)20-17-10)8-9-15(18)16-13-6-4-5-7-14(13)19-3/h4-7H,8-9H2,1-3H3,(H,16,18). The summed E-state index contributed by atoms with van der Waals surface area (Å²) in [5.74, 6) is 1.36. The number of anilines is 1. The van der Waals surface area contributed by atoms with E-state index in [-0.39, 0.29) is 5.91 Å². The number of nitrogens with one attached hydrogen (secondary N) is 1. The number of aromatic nitrogens is 1. The van der Waals surface area contributed by atoms with Crippen molar-refractivity contribution >= 4 is 11.6 Å². The van der Waals surface area contributed by atoms with E-state index < -0.39 is 0 Å². The number of rotatable bonds is 5. The van der Waals surface area contributed by atoms with Crippen molar-refractivity contribution in [1.29, 1.82) is 0 Å². The van der Waals surface area contributed by atoms with Crippen molar-refractivity contribution in [2.45, 2.75) is 26.7 Å². The number of carbonyl (C=O) groups is 1. The Labute approximate surface area is 117 Å². The lowest BCUT2D eigenvalue weighted by Gasteiger charge is -2.09. The Balaban J connectivity index is 1.96. The van der Waals surface area contributed by atoms with Gasteiger partial charge in [0.15, 0.2) is 0 Å². The Bertz CT molecular complexity index is 585. The van der Waals surface area contributed by atoms with Gasteiger partial charge in [0.25, 0.3) is 0 Å². The van der Waals surface area contributed by atoms with Gasteiger partial charge in [-0.2, -0.15) is 0 Å². The van der Waals surface area contributed by atoms with E-state index in [0.717, 1.165) is 17.0 Å². The lowest BCUT2D eigenvalue weighted by atomic mass is 10.1. The first-order valence-corrected chi connectivity index (χ1v) is 6.46. The molecule has 0 atom stereocenters. The van der Waals surface area contributed by atoms with Crippen LogP contribution in [0.25, 0.3) is 0 Å². The Hall–Kier alpha value is -2.30. The SMILES string of the molecule is COc1ccccc1NC(=O)CCc1c(C)noc1C. The van der Waals surface area contributed by atoms with Gasteiger partial charge in [-0.25, -0.2) is 0 Å². The van der Waals surface area contributed by atoms with Crippen molar-refractivity contribution in [3.63, 3.8) is 0 Å². The van der Waals surface area contributed by atoms with Crippen LogP contribution in [0.3, 0.4) is 0 Å². The summed E-state index contributed by atoms with van der Waals surface area (Å²) >= 11 is 0. The molecule has 0 saturated carbocycles. The van der Waals surface area contributed by atoms with Crippen LogP contribution >= 0.6 is 0 Å². The molecule has 0 bridgehead atoms. The van der Waals surface area contributed by atoms with Gasteiger partial charge in [-0.1, -0.05) is 17.3 Å². The highest BCUT2D eigenvalue weighted by atomic mass is 16.5. The fourth-order valence-corrected chi connectivity index (χ4v) is 2.06. The number of carbonyl (C=O) groups excluding carboxylic acids is 1. The zero-order valence-corrected chi connectivity index (χ0v) is 11.9. The highest BCUT2D eigenvalue weighted by Crippen LogP contribution is 2.23. The molecule has 0 fully saturated rings. The first kappa shape index (κ1) is 14.1. The molecule has 0 spiro atoms. The molecule has 0 aliphatic rings. The van der Waals surface area contributed by atoms with Crippen LogP contribution in [-0.4, -0.2) is 18.2 Å². The van der Waals surface area contributed by atoms with Gasteiger partial charge >= 0.3 is 0 Å². The zero-order chi connectivity index (χ0) is 14.5. The summed E-state index contributed by atoms with van der Waals surface area (Å²) < 4.78 is 10.3.